The van der Waals surface area contributed by atoms with E-state index in [1.54, 1.807) is 4.31 Å². The second-order valence-corrected chi connectivity index (χ2v) is 7.79. The maximum absolute atomic E-state index is 11.5. The number of sulfonamides is 1. The quantitative estimate of drug-likeness (QED) is 0.657. The van der Waals surface area contributed by atoms with Gasteiger partial charge in [-0.05, 0) is 39.2 Å². The molecule has 1 heterocycles. The van der Waals surface area contributed by atoms with Crippen molar-refractivity contribution in [1.29, 1.82) is 0 Å². The fraction of sp³-hybridized carbons (Fsp3) is 0.923. The van der Waals surface area contributed by atoms with E-state index in [1.165, 1.54) is 6.26 Å². The van der Waals surface area contributed by atoms with Gasteiger partial charge in [0.15, 0.2) is 0 Å². The first-order chi connectivity index (χ1) is 9.29. The molecule has 0 aromatic heterocycles. The van der Waals surface area contributed by atoms with E-state index in [0.717, 1.165) is 19.4 Å². The SMILES string of the molecule is CC(C)NC(=O)CCNCC1CCCN(S(C)(=O)=O)C1. The van der Waals surface area contributed by atoms with Gasteiger partial charge < -0.3 is 10.6 Å². The number of carbonyl (C=O) groups excluding carboxylic acids is 1. The second kappa shape index (κ2) is 7.95. The largest absolute Gasteiger partial charge is 0.354 e. The third kappa shape index (κ3) is 6.67. The zero-order valence-corrected chi connectivity index (χ0v) is 13.5. The van der Waals surface area contributed by atoms with Gasteiger partial charge in [-0.2, -0.15) is 0 Å². The predicted molar refractivity (Wildman–Crippen MR) is 79.9 cm³/mol. The lowest BCUT2D eigenvalue weighted by atomic mass is 10.00. The maximum Gasteiger partial charge on any atom is 0.221 e. The molecule has 20 heavy (non-hydrogen) atoms. The van der Waals surface area contributed by atoms with Crippen LogP contribution in [-0.4, -0.2) is 57.1 Å². The summed E-state index contributed by atoms with van der Waals surface area (Å²) in [6, 6.07) is 0.171. The smallest absolute Gasteiger partial charge is 0.221 e. The van der Waals surface area contributed by atoms with Crippen LogP contribution in [0, 0.1) is 5.92 Å². The number of nitrogens with zero attached hydrogens (tertiary/aromatic N) is 1. The lowest BCUT2D eigenvalue weighted by Crippen LogP contribution is -2.42. The van der Waals surface area contributed by atoms with E-state index < -0.39 is 10.0 Å². The van der Waals surface area contributed by atoms with E-state index >= 15 is 0 Å². The van der Waals surface area contributed by atoms with Crippen molar-refractivity contribution in [3.8, 4) is 0 Å². The molecule has 1 aliphatic heterocycles. The Bertz CT molecular complexity index is 409. The number of rotatable bonds is 7. The van der Waals surface area contributed by atoms with Crippen LogP contribution >= 0.6 is 0 Å². The van der Waals surface area contributed by atoms with Gasteiger partial charge >= 0.3 is 0 Å². The first-order valence-corrected chi connectivity index (χ1v) is 9.09. The average Bonchev–Trinajstić information content (AvgIpc) is 2.33. The summed E-state index contributed by atoms with van der Waals surface area (Å²) in [4.78, 5) is 11.4. The van der Waals surface area contributed by atoms with Crippen LogP contribution in [0.2, 0.25) is 0 Å². The number of piperidine rings is 1. The zero-order chi connectivity index (χ0) is 15.2. The van der Waals surface area contributed by atoms with E-state index in [4.69, 9.17) is 0 Å². The van der Waals surface area contributed by atoms with Crippen LogP contribution in [0.5, 0.6) is 0 Å². The molecule has 0 bridgehead atoms. The van der Waals surface area contributed by atoms with Gasteiger partial charge in [-0.15, -0.1) is 0 Å². The Morgan fingerprint density at radius 1 is 1.40 bits per heavy atom. The maximum atomic E-state index is 11.5. The third-order valence-electron chi connectivity index (χ3n) is 3.36. The molecule has 6 nitrogen and oxygen atoms in total. The van der Waals surface area contributed by atoms with E-state index in [2.05, 4.69) is 10.6 Å². The molecule has 7 heteroatoms. The molecule has 0 radical (unpaired) electrons. The molecule has 1 rings (SSSR count). The number of carbonyl (C=O) groups is 1. The molecule has 1 aliphatic rings. The molecular formula is C13H27N3O3S. The first kappa shape index (κ1) is 17.4. The lowest BCUT2D eigenvalue weighted by molar-refractivity contribution is -0.121. The van der Waals surface area contributed by atoms with Crippen LogP contribution in [-0.2, 0) is 14.8 Å². The summed E-state index contributed by atoms with van der Waals surface area (Å²) in [5.41, 5.74) is 0. The van der Waals surface area contributed by atoms with Crippen LogP contribution < -0.4 is 10.6 Å². The molecule has 0 spiro atoms. The van der Waals surface area contributed by atoms with Crippen LogP contribution in [0.15, 0.2) is 0 Å². The molecule has 1 saturated heterocycles. The molecule has 118 valence electrons. The number of nitrogens with one attached hydrogen (secondary N) is 2. The van der Waals surface area contributed by atoms with Crippen molar-refractivity contribution < 1.29 is 13.2 Å². The molecule has 2 N–H and O–H groups in total. The van der Waals surface area contributed by atoms with E-state index in [1.807, 2.05) is 13.8 Å². The Hall–Kier alpha value is -0.660. The summed E-state index contributed by atoms with van der Waals surface area (Å²) in [7, 11) is -3.07. The normalized spacial score (nSPS) is 21.1. The fourth-order valence-electron chi connectivity index (χ4n) is 2.40. The molecule has 0 aromatic rings. The molecule has 1 unspecified atom stereocenters. The highest BCUT2D eigenvalue weighted by Gasteiger charge is 2.25. The third-order valence-corrected chi connectivity index (χ3v) is 4.63. The Morgan fingerprint density at radius 3 is 2.70 bits per heavy atom. The van der Waals surface area contributed by atoms with Crippen molar-refractivity contribution in [2.45, 2.75) is 39.2 Å². The van der Waals surface area contributed by atoms with Gasteiger partial charge in [0.1, 0.15) is 0 Å². The van der Waals surface area contributed by atoms with Gasteiger partial charge in [-0.1, -0.05) is 0 Å². The van der Waals surface area contributed by atoms with E-state index in [0.29, 0.717) is 32.0 Å². The van der Waals surface area contributed by atoms with Gasteiger partial charge in [0, 0.05) is 32.1 Å². The van der Waals surface area contributed by atoms with Crippen molar-refractivity contribution in [2.24, 2.45) is 5.92 Å². The van der Waals surface area contributed by atoms with Crippen molar-refractivity contribution in [2.75, 3.05) is 32.4 Å². The monoisotopic (exact) mass is 305 g/mol. The highest BCUT2D eigenvalue weighted by atomic mass is 32.2. The summed E-state index contributed by atoms with van der Waals surface area (Å²) in [6.07, 6.45) is 3.67. The molecule has 0 aliphatic carbocycles. The minimum Gasteiger partial charge on any atom is -0.354 e. The van der Waals surface area contributed by atoms with Crippen LogP contribution in [0.4, 0.5) is 0 Å². The van der Waals surface area contributed by atoms with E-state index in [9.17, 15) is 13.2 Å². The van der Waals surface area contributed by atoms with Gasteiger partial charge in [0.05, 0.1) is 6.26 Å². The topological polar surface area (TPSA) is 78.5 Å². The molecular weight excluding hydrogens is 278 g/mol. The fourth-order valence-corrected chi connectivity index (χ4v) is 3.34. The first-order valence-electron chi connectivity index (χ1n) is 7.24. The summed E-state index contributed by atoms with van der Waals surface area (Å²) in [5.74, 6) is 0.389. The van der Waals surface area contributed by atoms with Gasteiger partial charge in [-0.25, -0.2) is 12.7 Å². The van der Waals surface area contributed by atoms with Crippen molar-refractivity contribution in [1.82, 2.24) is 14.9 Å². The highest BCUT2D eigenvalue weighted by molar-refractivity contribution is 7.88. The number of hydrogen-bond acceptors (Lipinski definition) is 4. The standard InChI is InChI=1S/C13H27N3O3S/c1-11(2)15-13(17)6-7-14-9-12-5-4-8-16(10-12)20(3,18)19/h11-12,14H,4-10H2,1-3H3,(H,15,17). The average molecular weight is 305 g/mol. The van der Waals surface area contributed by atoms with E-state index in [-0.39, 0.29) is 11.9 Å². The number of hydrogen-bond donors (Lipinski definition) is 2. The lowest BCUT2D eigenvalue weighted by Gasteiger charge is -2.31. The van der Waals surface area contributed by atoms with Crippen LogP contribution in [0.25, 0.3) is 0 Å². The van der Waals surface area contributed by atoms with Gasteiger partial charge in [0.25, 0.3) is 0 Å². The van der Waals surface area contributed by atoms with Gasteiger partial charge in [0.2, 0.25) is 15.9 Å². The van der Waals surface area contributed by atoms with Crippen molar-refractivity contribution in [3.63, 3.8) is 0 Å². The van der Waals surface area contributed by atoms with Crippen molar-refractivity contribution in [3.05, 3.63) is 0 Å². The van der Waals surface area contributed by atoms with Gasteiger partial charge in [-0.3, -0.25) is 4.79 Å². The summed E-state index contributed by atoms with van der Waals surface area (Å²) in [6.45, 7) is 6.49. The van der Waals surface area contributed by atoms with Crippen molar-refractivity contribution >= 4 is 15.9 Å². The summed E-state index contributed by atoms with van der Waals surface area (Å²) in [5, 5.41) is 6.09. The zero-order valence-electron chi connectivity index (χ0n) is 12.7. The number of amides is 1. The Morgan fingerprint density at radius 2 is 2.10 bits per heavy atom. The predicted octanol–water partition coefficient (Wildman–Crippen LogP) is 0.162. The molecule has 0 saturated carbocycles. The summed E-state index contributed by atoms with van der Waals surface area (Å²) >= 11 is 0. The molecule has 1 amide bonds. The Labute approximate surface area is 122 Å². The Kier molecular flexibility index (Phi) is 6.91. The summed E-state index contributed by atoms with van der Waals surface area (Å²) < 4.78 is 24.6. The minimum atomic E-state index is -3.07. The van der Waals surface area contributed by atoms with Crippen LogP contribution in [0.3, 0.4) is 0 Å². The second-order valence-electron chi connectivity index (χ2n) is 5.81. The molecule has 1 atom stereocenters. The van der Waals surface area contributed by atoms with Crippen LogP contribution in [0.1, 0.15) is 33.1 Å². The molecule has 0 aromatic carbocycles. The minimum absolute atomic E-state index is 0.0499. The molecule has 1 fully saturated rings. The highest BCUT2D eigenvalue weighted by Crippen LogP contribution is 2.17. The Balaban J connectivity index is 2.20.